The minimum absolute atomic E-state index is 0.458. The van der Waals surface area contributed by atoms with Gasteiger partial charge < -0.3 is 4.90 Å². The summed E-state index contributed by atoms with van der Waals surface area (Å²) < 4.78 is 0. The van der Waals surface area contributed by atoms with Crippen LogP contribution in [-0.4, -0.2) is 30.3 Å². The van der Waals surface area contributed by atoms with Crippen molar-refractivity contribution in [2.24, 2.45) is 0 Å². The van der Waals surface area contributed by atoms with Gasteiger partial charge in [-0.1, -0.05) is 13.3 Å². The lowest BCUT2D eigenvalue weighted by atomic mass is 9.93. The maximum absolute atomic E-state index is 11.2. The second kappa shape index (κ2) is 5.38. The molecule has 0 heterocycles. The third-order valence-corrected chi connectivity index (χ3v) is 2.94. The number of rotatable bonds is 4. The molecule has 13 heavy (non-hydrogen) atoms. The third kappa shape index (κ3) is 3.47. The molecule has 0 aliphatic heterocycles. The lowest BCUT2D eigenvalue weighted by molar-refractivity contribution is -0.121. The molecule has 0 spiro atoms. The smallest absolute Gasteiger partial charge is 0.134 e. The van der Waals surface area contributed by atoms with Gasteiger partial charge in [-0.25, -0.2) is 0 Å². The van der Waals surface area contributed by atoms with Crippen molar-refractivity contribution >= 4 is 5.78 Å². The van der Waals surface area contributed by atoms with Crippen molar-refractivity contribution in [2.45, 2.75) is 51.5 Å². The molecule has 0 amide bonds. The first-order chi connectivity index (χ1) is 6.24. The molecule has 0 aromatic heterocycles. The number of hydrogen-bond donors (Lipinski definition) is 0. The number of carbonyl (C=O) groups is 1. The van der Waals surface area contributed by atoms with Crippen LogP contribution >= 0.6 is 0 Å². The standard InChI is InChI=1S/C11H21NO/c1-3-4-8-12(2)10-6-5-7-11(13)9-10/h10H,3-9H2,1-2H3. The van der Waals surface area contributed by atoms with E-state index in [-0.39, 0.29) is 0 Å². The van der Waals surface area contributed by atoms with E-state index in [9.17, 15) is 4.79 Å². The summed E-state index contributed by atoms with van der Waals surface area (Å²) >= 11 is 0. The molecule has 0 aromatic carbocycles. The van der Waals surface area contributed by atoms with Crippen molar-refractivity contribution in [1.29, 1.82) is 0 Å². The van der Waals surface area contributed by atoms with E-state index in [1.165, 1.54) is 19.3 Å². The molecule has 1 saturated carbocycles. The Balaban J connectivity index is 2.28. The van der Waals surface area contributed by atoms with Crippen LogP contribution in [0, 0.1) is 0 Å². The predicted molar refractivity (Wildman–Crippen MR) is 54.8 cm³/mol. The quantitative estimate of drug-likeness (QED) is 0.666. The Labute approximate surface area is 81.3 Å². The van der Waals surface area contributed by atoms with Gasteiger partial charge in [-0.05, 0) is 32.9 Å². The van der Waals surface area contributed by atoms with E-state index in [0.717, 1.165) is 25.8 Å². The number of Topliss-reactive ketones (excluding diaryl/α,β-unsaturated/α-hetero) is 1. The maximum Gasteiger partial charge on any atom is 0.134 e. The highest BCUT2D eigenvalue weighted by Gasteiger charge is 2.22. The predicted octanol–water partition coefficient (Wildman–Crippen LogP) is 2.23. The van der Waals surface area contributed by atoms with E-state index in [1.54, 1.807) is 0 Å². The topological polar surface area (TPSA) is 20.3 Å². The Hall–Kier alpha value is -0.370. The van der Waals surface area contributed by atoms with Crippen LogP contribution in [0.1, 0.15) is 45.4 Å². The van der Waals surface area contributed by atoms with Crippen LogP contribution in [0.15, 0.2) is 0 Å². The molecule has 1 unspecified atom stereocenters. The number of nitrogens with zero attached hydrogens (tertiary/aromatic N) is 1. The molecule has 1 atom stereocenters. The Morgan fingerprint density at radius 3 is 2.92 bits per heavy atom. The molecule has 1 fully saturated rings. The molecular formula is C11H21NO. The van der Waals surface area contributed by atoms with Crippen molar-refractivity contribution in [2.75, 3.05) is 13.6 Å². The minimum Gasteiger partial charge on any atom is -0.303 e. The summed E-state index contributed by atoms with van der Waals surface area (Å²) in [6, 6.07) is 0.535. The van der Waals surface area contributed by atoms with Gasteiger partial charge in [0.1, 0.15) is 5.78 Å². The zero-order valence-electron chi connectivity index (χ0n) is 8.88. The van der Waals surface area contributed by atoms with Gasteiger partial charge >= 0.3 is 0 Å². The lowest BCUT2D eigenvalue weighted by Gasteiger charge is -2.30. The third-order valence-electron chi connectivity index (χ3n) is 2.94. The van der Waals surface area contributed by atoms with Gasteiger partial charge in [-0.3, -0.25) is 4.79 Å². The van der Waals surface area contributed by atoms with Crippen molar-refractivity contribution in [3.8, 4) is 0 Å². The summed E-state index contributed by atoms with van der Waals surface area (Å²) in [5.74, 6) is 0.458. The van der Waals surface area contributed by atoms with E-state index in [2.05, 4.69) is 18.9 Å². The first kappa shape index (κ1) is 10.7. The molecule has 2 heteroatoms. The Morgan fingerprint density at radius 2 is 2.31 bits per heavy atom. The monoisotopic (exact) mass is 183 g/mol. The van der Waals surface area contributed by atoms with Crippen molar-refractivity contribution in [1.82, 2.24) is 4.90 Å². The van der Waals surface area contributed by atoms with Crippen LogP contribution in [0.3, 0.4) is 0 Å². The van der Waals surface area contributed by atoms with Crippen LogP contribution in [0.5, 0.6) is 0 Å². The lowest BCUT2D eigenvalue weighted by Crippen LogP contribution is -2.36. The van der Waals surface area contributed by atoms with Gasteiger partial charge in [0.25, 0.3) is 0 Å². The molecule has 0 saturated heterocycles. The van der Waals surface area contributed by atoms with Crippen LogP contribution in [0.25, 0.3) is 0 Å². The Morgan fingerprint density at radius 1 is 1.54 bits per heavy atom. The van der Waals surface area contributed by atoms with Gasteiger partial charge in [-0.2, -0.15) is 0 Å². The van der Waals surface area contributed by atoms with Crippen molar-refractivity contribution in [3.05, 3.63) is 0 Å². The number of unbranched alkanes of at least 4 members (excludes halogenated alkanes) is 1. The fourth-order valence-corrected chi connectivity index (χ4v) is 1.97. The van der Waals surface area contributed by atoms with E-state index in [1.807, 2.05) is 0 Å². The summed E-state index contributed by atoms with van der Waals surface area (Å²) in [5, 5.41) is 0. The summed E-state index contributed by atoms with van der Waals surface area (Å²) in [6.07, 6.45) is 6.41. The number of hydrogen-bond acceptors (Lipinski definition) is 2. The van der Waals surface area contributed by atoms with Gasteiger partial charge in [0.05, 0.1) is 0 Å². The van der Waals surface area contributed by atoms with E-state index in [4.69, 9.17) is 0 Å². The van der Waals surface area contributed by atoms with Crippen LogP contribution < -0.4 is 0 Å². The van der Waals surface area contributed by atoms with E-state index < -0.39 is 0 Å². The highest BCUT2D eigenvalue weighted by Crippen LogP contribution is 2.19. The van der Waals surface area contributed by atoms with E-state index >= 15 is 0 Å². The second-order valence-corrected chi connectivity index (χ2v) is 4.12. The first-order valence-corrected chi connectivity index (χ1v) is 5.46. The summed E-state index contributed by atoms with van der Waals surface area (Å²) in [7, 11) is 2.15. The van der Waals surface area contributed by atoms with Gasteiger partial charge in [-0.15, -0.1) is 0 Å². The van der Waals surface area contributed by atoms with Gasteiger partial charge in [0.15, 0.2) is 0 Å². The molecule has 2 nitrogen and oxygen atoms in total. The normalized spacial score (nSPS) is 23.9. The summed E-state index contributed by atoms with van der Waals surface area (Å²) in [5.41, 5.74) is 0. The average molecular weight is 183 g/mol. The first-order valence-electron chi connectivity index (χ1n) is 5.46. The van der Waals surface area contributed by atoms with Crippen LogP contribution in [-0.2, 0) is 4.79 Å². The number of carbonyl (C=O) groups excluding carboxylic acids is 1. The fraction of sp³-hybridized carbons (Fsp3) is 0.909. The van der Waals surface area contributed by atoms with E-state index in [0.29, 0.717) is 11.8 Å². The summed E-state index contributed by atoms with van der Waals surface area (Å²) in [4.78, 5) is 13.6. The summed E-state index contributed by atoms with van der Waals surface area (Å²) in [6.45, 7) is 3.36. The van der Waals surface area contributed by atoms with Gasteiger partial charge in [0, 0.05) is 18.9 Å². The SMILES string of the molecule is CCCCN(C)C1CCCC(=O)C1. The van der Waals surface area contributed by atoms with Crippen LogP contribution in [0.4, 0.5) is 0 Å². The zero-order chi connectivity index (χ0) is 9.68. The average Bonchev–Trinajstić information content (AvgIpc) is 2.14. The molecule has 1 rings (SSSR count). The largest absolute Gasteiger partial charge is 0.303 e. The second-order valence-electron chi connectivity index (χ2n) is 4.12. The van der Waals surface area contributed by atoms with Crippen LogP contribution in [0.2, 0.25) is 0 Å². The minimum atomic E-state index is 0.458. The molecule has 0 aromatic rings. The molecule has 1 aliphatic carbocycles. The highest BCUT2D eigenvalue weighted by atomic mass is 16.1. The molecule has 1 aliphatic rings. The molecule has 0 bridgehead atoms. The maximum atomic E-state index is 11.2. The fourth-order valence-electron chi connectivity index (χ4n) is 1.97. The van der Waals surface area contributed by atoms with Crippen molar-refractivity contribution in [3.63, 3.8) is 0 Å². The van der Waals surface area contributed by atoms with Gasteiger partial charge in [0.2, 0.25) is 0 Å². The highest BCUT2D eigenvalue weighted by molar-refractivity contribution is 5.79. The Bertz CT molecular complexity index is 167. The number of ketones is 1. The Kier molecular flexibility index (Phi) is 4.43. The zero-order valence-corrected chi connectivity index (χ0v) is 8.88. The molecule has 0 N–H and O–H groups in total. The molecular weight excluding hydrogens is 162 g/mol. The molecule has 0 radical (unpaired) electrons. The van der Waals surface area contributed by atoms with Crippen molar-refractivity contribution < 1.29 is 4.79 Å². The molecule has 76 valence electrons.